The fraction of sp³-hybridized carbons (Fsp3) is 0.227. The van der Waals surface area contributed by atoms with Gasteiger partial charge in [-0.05, 0) is 41.7 Å². The second-order valence-electron chi connectivity index (χ2n) is 8.10. The zero-order valence-electron chi connectivity index (χ0n) is 14.9. The predicted molar refractivity (Wildman–Crippen MR) is 118 cm³/mol. The summed E-state index contributed by atoms with van der Waals surface area (Å²) >= 11 is 9.93. The minimum Gasteiger partial charge on any atom is -0.243 e. The molecule has 0 amide bonds. The molecule has 2 aromatic carbocycles. The first-order valence-electron chi connectivity index (χ1n) is 8.71. The smallest absolute Gasteiger partial charge is 0.146 e. The van der Waals surface area contributed by atoms with Crippen LogP contribution in [-0.4, -0.2) is 4.98 Å². The second-order valence-corrected chi connectivity index (χ2v) is 10.6. The molecule has 0 saturated carbocycles. The Morgan fingerprint density at radius 3 is 2.31 bits per heavy atom. The summed E-state index contributed by atoms with van der Waals surface area (Å²) in [6.07, 6.45) is 2.90. The standard InChI is InChI=1S/C22H18ClNS2/c1-22(2,3)11-12-4-5-13-15-9-19-16(10-18(15)25-17(13)8-12)14-6-7-24-21(23)20(14)26-19/h4-10H,11H2,1-3H3. The summed E-state index contributed by atoms with van der Waals surface area (Å²) in [5.74, 6) is 0. The van der Waals surface area contributed by atoms with Gasteiger partial charge in [-0.3, -0.25) is 0 Å². The van der Waals surface area contributed by atoms with E-state index >= 15 is 0 Å². The van der Waals surface area contributed by atoms with Crippen LogP contribution in [0.5, 0.6) is 0 Å². The van der Waals surface area contributed by atoms with Crippen LogP contribution in [0.2, 0.25) is 5.15 Å². The van der Waals surface area contributed by atoms with Gasteiger partial charge in [0, 0.05) is 41.8 Å². The van der Waals surface area contributed by atoms with Crippen molar-refractivity contribution in [2.45, 2.75) is 27.2 Å². The van der Waals surface area contributed by atoms with E-state index in [-0.39, 0.29) is 0 Å². The van der Waals surface area contributed by atoms with Crippen LogP contribution in [0.3, 0.4) is 0 Å². The second kappa shape index (κ2) is 5.66. The van der Waals surface area contributed by atoms with Crippen molar-refractivity contribution >= 4 is 74.6 Å². The number of hydrogen-bond acceptors (Lipinski definition) is 3. The molecule has 0 unspecified atom stereocenters. The number of aromatic nitrogens is 1. The number of halogens is 1. The highest BCUT2D eigenvalue weighted by atomic mass is 35.5. The monoisotopic (exact) mass is 395 g/mol. The highest BCUT2D eigenvalue weighted by Crippen LogP contribution is 2.43. The highest BCUT2D eigenvalue weighted by molar-refractivity contribution is 7.27. The maximum atomic E-state index is 6.30. The maximum absolute atomic E-state index is 6.30. The Bertz CT molecular complexity index is 1300. The molecule has 0 saturated heterocycles. The molecule has 0 bridgehead atoms. The van der Waals surface area contributed by atoms with Crippen LogP contribution < -0.4 is 0 Å². The van der Waals surface area contributed by atoms with Gasteiger partial charge in [-0.1, -0.05) is 44.5 Å². The number of rotatable bonds is 1. The third kappa shape index (κ3) is 2.61. The van der Waals surface area contributed by atoms with Gasteiger partial charge in [-0.15, -0.1) is 22.7 Å². The molecule has 1 nitrogen and oxygen atoms in total. The van der Waals surface area contributed by atoms with Gasteiger partial charge in [0.05, 0.1) is 4.70 Å². The van der Waals surface area contributed by atoms with E-state index in [1.165, 1.54) is 41.2 Å². The number of nitrogens with zero attached hydrogens (tertiary/aromatic N) is 1. The predicted octanol–water partition coefficient (Wildman–Crippen LogP) is 8.06. The van der Waals surface area contributed by atoms with Crippen molar-refractivity contribution in [3.8, 4) is 0 Å². The SMILES string of the molecule is CC(C)(C)Cc1ccc2c(c1)sc1cc3c(cc12)sc1c(Cl)nccc13. The van der Waals surface area contributed by atoms with Crippen molar-refractivity contribution in [2.75, 3.05) is 0 Å². The van der Waals surface area contributed by atoms with Crippen LogP contribution in [0, 0.1) is 5.41 Å². The molecule has 0 radical (unpaired) electrons. The van der Waals surface area contributed by atoms with Gasteiger partial charge in [-0.25, -0.2) is 4.98 Å². The Kier molecular flexibility index (Phi) is 3.59. The van der Waals surface area contributed by atoms with Crippen molar-refractivity contribution in [3.05, 3.63) is 53.3 Å². The summed E-state index contributed by atoms with van der Waals surface area (Å²) < 4.78 is 5.08. The molecule has 0 N–H and O–H groups in total. The normalized spacial score (nSPS) is 12.8. The van der Waals surface area contributed by atoms with E-state index in [1.54, 1.807) is 17.5 Å². The first kappa shape index (κ1) is 16.5. The topological polar surface area (TPSA) is 12.9 Å². The quantitative estimate of drug-likeness (QED) is 0.261. The van der Waals surface area contributed by atoms with Gasteiger partial charge in [0.15, 0.2) is 0 Å². The molecule has 3 aromatic heterocycles. The summed E-state index contributed by atoms with van der Waals surface area (Å²) in [7, 11) is 0. The van der Waals surface area contributed by atoms with E-state index in [0.29, 0.717) is 10.6 Å². The van der Waals surface area contributed by atoms with Gasteiger partial charge in [-0.2, -0.15) is 0 Å². The van der Waals surface area contributed by atoms with Gasteiger partial charge < -0.3 is 0 Å². The van der Waals surface area contributed by atoms with Crippen LogP contribution in [0.25, 0.3) is 40.3 Å². The van der Waals surface area contributed by atoms with Crippen LogP contribution in [0.15, 0.2) is 42.6 Å². The van der Waals surface area contributed by atoms with Gasteiger partial charge in [0.25, 0.3) is 0 Å². The molecule has 26 heavy (non-hydrogen) atoms. The van der Waals surface area contributed by atoms with Gasteiger partial charge >= 0.3 is 0 Å². The zero-order valence-corrected chi connectivity index (χ0v) is 17.3. The van der Waals surface area contributed by atoms with E-state index < -0.39 is 0 Å². The summed E-state index contributed by atoms with van der Waals surface area (Å²) in [5.41, 5.74) is 1.72. The molecule has 130 valence electrons. The van der Waals surface area contributed by atoms with Gasteiger partial charge in [0.2, 0.25) is 0 Å². The first-order chi connectivity index (χ1) is 12.4. The first-order valence-corrected chi connectivity index (χ1v) is 10.7. The number of pyridine rings is 1. The van der Waals surface area contributed by atoms with Crippen molar-refractivity contribution in [1.82, 2.24) is 4.98 Å². The molecular formula is C22H18ClNS2. The van der Waals surface area contributed by atoms with Crippen molar-refractivity contribution in [2.24, 2.45) is 5.41 Å². The number of fused-ring (bicyclic) bond motifs is 6. The van der Waals surface area contributed by atoms with E-state index in [1.807, 2.05) is 11.3 Å². The lowest BCUT2D eigenvalue weighted by atomic mass is 9.88. The van der Waals surface area contributed by atoms with Crippen molar-refractivity contribution in [1.29, 1.82) is 0 Å². The Hall–Kier alpha value is -1.68. The zero-order chi connectivity index (χ0) is 18.1. The molecule has 5 rings (SSSR count). The minimum absolute atomic E-state index is 0.305. The molecule has 0 fully saturated rings. The van der Waals surface area contributed by atoms with Gasteiger partial charge in [0.1, 0.15) is 5.15 Å². The highest BCUT2D eigenvalue weighted by Gasteiger charge is 2.15. The number of benzene rings is 2. The lowest BCUT2D eigenvalue weighted by Crippen LogP contribution is -2.08. The lowest BCUT2D eigenvalue weighted by molar-refractivity contribution is 0.411. The average Bonchev–Trinajstić information content (AvgIpc) is 3.09. The summed E-state index contributed by atoms with van der Waals surface area (Å²) in [6.45, 7) is 6.88. The molecule has 5 aromatic rings. The van der Waals surface area contributed by atoms with Crippen LogP contribution in [0.4, 0.5) is 0 Å². The summed E-state index contributed by atoms with van der Waals surface area (Å²) in [5, 5.41) is 5.78. The van der Waals surface area contributed by atoms with Crippen LogP contribution >= 0.6 is 34.3 Å². The van der Waals surface area contributed by atoms with E-state index in [9.17, 15) is 0 Å². The average molecular weight is 396 g/mol. The number of hydrogen-bond donors (Lipinski definition) is 0. The molecule has 0 aliphatic rings. The molecule has 0 atom stereocenters. The minimum atomic E-state index is 0.305. The third-order valence-corrected chi connectivity index (χ3v) is 7.42. The fourth-order valence-corrected chi connectivity index (χ4v) is 6.27. The van der Waals surface area contributed by atoms with Crippen molar-refractivity contribution in [3.63, 3.8) is 0 Å². The summed E-state index contributed by atoms with van der Waals surface area (Å²) in [4.78, 5) is 4.23. The van der Waals surface area contributed by atoms with Crippen LogP contribution in [-0.2, 0) is 6.42 Å². The lowest BCUT2D eigenvalue weighted by Gasteiger charge is -2.17. The molecule has 0 aliphatic carbocycles. The molecule has 3 heterocycles. The summed E-state index contributed by atoms with van der Waals surface area (Å²) in [6, 6.07) is 13.7. The van der Waals surface area contributed by atoms with E-state index in [2.05, 4.69) is 62.2 Å². The third-order valence-electron chi connectivity index (χ3n) is 4.74. The fourth-order valence-electron chi connectivity index (χ4n) is 3.71. The molecule has 0 spiro atoms. The van der Waals surface area contributed by atoms with Crippen molar-refractivity contribution < 1.29 is 0 Å². The Morgan fingerprint density at radius 2 is 1.54 bits per heavy atom. The van der Waals surface area contributed by atoms with E-state index in [0.717, 1.165) is 11.1 Å². The number of thiophene rings is 2. The molecule has 4 heteroatoms. The van der Waals surface area contributed by atoms with Crippen LogP contribution in [0.1, 0.15) is 26.3 Å². The molecule has 0 aliphatic heterocycles. The largest absolute Gasteiger partial charge is 0.243 e. The molecular weight excluding hydrogens is 378 g/mol. The van der Waals surface area contributed by atoms with E-state index in [4.69, 9.17) is 11.6 Å². The Labute approximate surface area is 165 Å². The Morgan fingerprint density at radius 1 is 0.846 bits per heavy atom. The maximum Gasteiger partial charge on any atom is 0.146 e. The Balaban J connectivity index is 1.77.